The van der Waals surface area contributed by atoms with Gasteiger partial charge in [0.2, 0.25) is 0 Å². The van der Waals surface area contributed by atoms with E-state index in [1.54, 1.807) is 7.11 Å². The van der Waals surface area contributed by atoms with Gasteiger partial charge in [0.1, 0.15) is 5.82 Å². The summed E-state index contributed by atoms with van der Waals surface area (Å²) in [5.41, 5.74) is 3.01. The lowest BCUT2D eigenvalue weighted by Crippen LogP contribution is -2.24. The highest BCUT2D eigenvalue weighted by atomic mass is 16.5. The van der Waals surface area contributed by atoms with Crippen LogP contribution in [0.15, 0.2) is 0 Å². The molecule has 1 atom stereocenters. The van der Waals surface area contributed by atoms with Crippen molar-refractivity contribution in [2.24, 2.45) is 5.92 Å². The van der Waals surface area contributed by atoms with Crippen LogP contribution < -0.4 is 0 Å². The van der Waals surface area contributed by atoms with Crippen molar-refractivity contribution in [2.75, 3.05) is 13.7 Å². The molecule has 1 unspecified atom stereocenters. The van der Waals surface area contributed by atoms with Crippen molar-refractivity contribution in [2.45, 2.75) is 39.0 Å². The van der Waals surface area contributed by atoms with E-state index in [-0.39, 0.29) is 5.92 Å². The molecule has 0 aromatic carbocycles. The lowest BCUT2D eigenvalue weighted by molar-refractivity contribution is -0.142. The van der Waals surface area contributed by atoms with Crippen LogP contribution in [-0.2, 0) is 28.8 Å². The van der Waals surface area contributed by atoms with E-state index < -0.39 is 5.97 Å². The number of aromatic nitrogens is 2. The minimum Gasteiger partial charge on any atom is -0.481 e. The maximum Gasteiger partial charge on any atom is 0.306 e. The number of aryl methyl sites for hydroxylation is 3. The van der Waals surface area contributed by atoms with Gasteiger partial charge in [-0.15, -0.1) is 0 Å². The first kappa shape index (κ1) is 13.9. The highest BCUT2D eigenvalue weighted by Crippen LogP contribution is 2.26. The molecule has 2 rings (SSSR count). The van der Waals surface area contributed by atoms with E-state index in [2.05, 4.69) is 9.97 Å². The number of hydrogen-bond acceptors (Lipinski definition) is 4. The lowest BCUT2D eigenvalue weighted by atomic mass is 9.86. The van der Waals surface area contributed by atoms with Gasteiger partial charge in [-0.3, -0.25) is 4.79 Å². The van der Waals surface area contributed by atoms with Crippen LogP contribution in [0.1, 0.15) is 35.6 Å². The highest BCUT2D eigenvalue weighted by molar-refractivity contribution is 5.71. The molecule has 1 aromatic heterocycles. The molecule has 5 nitrogen and oxygen atoms in total. The Morgan fingerprint density at radius 1 is 1.47 bits per heavy atom. The molecular weight excluding hydrogens is 244 g/mol. The topological polar surface area (TPSA) is 72.3 Å². The molecule has 104 valence electrons. The van der Waals surface area contributed by atoms with E-state index in [1.165, 1.54) is 0 Å². The molecule has 0 amide bonds. The number of hydrogen-bond donors (Lipinski definition) is 1. The molecule has 5 heteroatoms. The number of fused-ring (bicyclic) bond motifs is 1. The zero-order valence-corrected chi connectivity index (χ0v) is 11.5. The van der Waals surface area contributed by atoms with E-state index in [0.717, 1.165) is 42.0 Å². The Balaban J connectivity index is 2.14. The predicted molar refractivity (Wildman–Crippen MR) is 70.1 cm³/mol. The molecule has 0 aliphatic heterocycles. The Bertz CT molecular complexity index is 474. The number of aliphatic carboxylic acids is 1. The number of rotatable bonds is 5. The van der Waals surface area contributed by atoms with Crippen LogP contribution in [-0.4, -0.2) is 34.8 Å². The molecule has 1 N–H and O–H groups in total. The highest BCUT2D eigenvalue weighted by Gasteiger charge is 2.27. The second kappa shape index (κ2) is 6.10. The average Bonchev–Trinajstić information content (AvgIpc) is 2.38. The van der Waals surface area contributed by atoms with Crippen molar-refractivity contribution < 1.29 is 14.6 Å². The van der Waals surface area contributed by atoms with E-state index in [9.17, 15) is 4.79 Å². The zero-order valence-electron chi connectivity index (χ0n) is 11.5. The fourth-order valence-corrected chi connectivity index (χ4v) is 2.55. The number of carboxylic acid groups (broad SMARTS) is 1. The third-order valence-corrected chi connectivity index (χ3v) is 3.62. The van der Waals surface area contributed by atoms with Crippen LogP contribution in [0, 0.1) is 12.8 Å². The number of nitrogens with zero attached hydrogens (tertiary/aromatic N) is 2. The summed E-state index contributed by atoms with van der Waals surface area (Å²) in [5.74, 6) is -0.148. The van der Waals surface area contributed by atoms with Gasteiger partial charge < -0.3 is 9.84 Å². The zero-order chi connectivity index (χ0) is 13.8. The summed E-state index contributed by atoms with van der Waals surface area (Å²) in [5, 5.41) is 9.10. The van der Waals surface area contributed by atoms with Crippen LogP contribution in [0.4, 0.5) is 0 Å². The second-order valence-corrected chi connectivity index (χ2v) is 5.02. The van der Waals surface area contributed by atoms with Crippen molar-refractivity contribution in [3.8, 4) is 0 Å². The summed E-state index contributed by atoms with van der Waals surface area (Å²) < 4.78 is 5.03. The van der Waals surface area contributed by atoms with Gasteiger partial charge in [0, 0.05) is 31.5 Å². The largest absolute Gasteiger partial charge is 0.481 e. The van der Waals surface area contributed by atoms with Crippen molar-refractivity contribution >= 4 is 5.97 Å². The predicted octanol–water partition coefficient (Wildman–Crippen LogP) is 1.55. The summed E-state index contributed by atoms with van der Waals surface area (Å²) in [6.45, 7) is 2.66. The van der Waals surface area contributed by atoms with Gasteiger partial charge >= 0.3 is 5.97 Å². The molecule has 0 bridgehead atoms. The van der Waals surface area contributed by atoms with Crippen LogP contribution in [0.5, 0.6) is 0 Å². The third-order valence-electron chi connectivity index (χ3n) is 3.62. The second-order valence-electron chi connectivity index (χ2n) is 5.02. The van der Waals surface area contributed by atoms with Gasteiger partial charge in [0.25, 0.3) is 0 Å². The van der Waals surface area contributed by atoms with Gasteiger partial charge in [0.05, 0.1) is 5.92 Å². The maximum atomic E-state index is 11.1. The standard InChI is InChI=1S/C14H20N2O3/c1-9-11-8-10(14(17)18)5-6-12(11)16-13(15-9)4-3-7-19-2/h10H,3-8H2,1-2H3,(H,17,18). The normalized spacial score (nSPS) is 18.1. The van der Waals surface area contributed by atoms with Crippen LogP contribution in [0.3, 0.4) is 0 Å². The van der Waals surface area contributed by atoms with Crippen molar-refractivity contribution in [3.05, 3.63) is 22.8 Å². The first-order valence-electron chi connectivity index (χ1n) is 6.68. The molecule has 1 aliphatic carbocycles. The summed E-state index contributed by atoms with van der Waals surface area (Å²) in [6, 6.07) is 0. The van der Waals surface area contributed by atoms with Crippen molar-refractivity contribution in [3.63, 3.8) is 0 Å². The molecule has 19 heavy (non-hydrogen) atoms. The number of carbonyl (C=O) groups is 1. The molecule has 0 radical (unpaired) electrons. The molecule has 0 spiro atoms. The van der Waals surface area contributed by atoms with Gasteiger partial charge in [-0.1, -0.05) is 0 Å². The van der Waals surface area contributed by atoms with Crippen molar-refractivity contribution in [1.29, 1.82) is 0 Å². The SMILES string of the molecule is COCCCc1nc(C)c2c(n1)CCC(C(=O)O)C2. The van der Waals surface area contributed by atoms with Crippen LogP contribution in [0.2, 0.25) is 0 Å². The summed E-state index contributed by atoms with van der Waals surface area (Å²) in [4.78, 5) is 20.1. The van der Waals surface area contributed by atoms with E-state index >= 15 is 0 Å². The lowest BCUT2D eigenvalue weighted by Gasteiger charge is -2.22. The summed E-state index contributed by atoms with van der Waals surface area (Å²) in [6.07, 6.45) is 3.70. The van der Waals surface area contributed by atoms with Crippen LogP contribution in [0.25, 0.3) is 0 Å². The van der Waals surface area contributed by atoms with E-state index in [0.29, 0.717) is 19.4 Å². The molecule has 1 aromatic rings. The minimum absolute atomic E-state index is 0.283. The molecule has 1 heterocycles. The minimum atomic E-state index is -0.714. The Hall–Kier alpha value is -1.49. The molecule has 0 saturated heterocycles. The van der Waals surface area contributed by atoms with Gasteiger partial charge in [-0.05, 0) is 38.2 Å². The van der Waals surface area contributed by atoms with E-state index in [1.807, 2.05) is 6.92 Å². The molecular formula is C14H20N2O3. The maximum absolute atomic E-state index is 11.1. The molecule has 1 aliphatic rings. The number of carboxylic acids is 1. The third kappa shape index (κ3) is 3.29. The number of methoxy groups -OCH3 is 1. The van der Waals surface area contributed by atoms with Gasteiger partial charge in [0.15, 0.2) is 0 Å². The van der Waals surface area contributed by atoms with Gasteiger partial charge in [-0.2, -0.15) is 0 Å². The fourth-order valence-electron chi connectivity index (χ4n) is 2.55. The Labute approximate surface area is 113 Å². The Kier molecular flexibility index (Phi) is 4.47. The monoisotopic (exact) mass is 264 g/mol. The molecule has 0 fully saturated rings. The quantitative estimate of drug-likeness (QED) is 0.817. The first-order chi connectivity index (χ1) is 9.11. The smallest absolute Gasteiger partial charge is 0.306 e. The average molecular weight is 264 g/mol. The number of ether oxygens (including phenoxy) is 1. The van der Waals surface area contributed by atoms with Crippen molar-refractivity contribution in [1.82, 2.24) is 9.97 Å². The van der Waals surface area contributed by atoms with E-state index in [4.69, 9.17) is 9.84 Å². The summed E-state index contributed by atoms with van der Waals surface area (Å²) in [7, 11) is 1.69. The van der Waals surface area contributed by atoms with Crippen LogP contribution >= 0.6 is 0 Å². The fraction of sp³-hybridized carbons (Fsp3) is 0.643. The Morgan fingerprint density at radius 3 is 2.95 bits per heavy atom. The Morgan fingerprint density at radius 2 is 2.26 bits per heavy atom. The molecule has 0 saturated carbocycles. The first-order valence-corrected chi connectivity index (χ1v) is 6.68. The summed E-state index contributed by atoms with van der Waals surface area (Å²) >= 11 is 0. The van der Waals surface area contributed by atoms with Gasteiger partial charge in [-0.25, -0.2) is 9.97 Å².